The minimum absolute atomic E-state index is 0.189. The lowest BCUT2D eigenvalue weighted by Crippen LogP contribution is -2.55. The van der Waals surface area contributed by atoms with Gasteiger partial charge >= 0.3 is 6.92 Å². The van der Waals surface area contributed by atoms with E-state index in [0.717, 1.165) is 10.9 Å². The number of benzene rings is 3. The second-order valence-corrected chi connectivity index (χ2v) is 6.29. The molecule has 0 heterocycles. The summed E-state index contributed by atoms with van der Waals surface area (Å²) in [5.41, 5.74) is 9.11. The van der Waals surface area contributed by atoms with Crippen LogP contribution in [0.3, 0.4) is 0 Å². The highest BCUT2D eigenvalue weighted by Gasteiger charge is 2.30. The fourth-order valence-corrected chi connectivity index (χ4v) is 2.90. The van der Waals surface area contributed by atoms with Crippen LogP contribution in [0.5, 0.6) is 0 Å². The van der Waals surface area contributed by atoms with Crippen LogP contribution in [0.15, 0.2) is 91.0 Å². The van der Waals surface area contributed by atoms with Gasteiger partial charge in [0.25, 0.3) is 0 Å². The quantitative estimate of drug-likeness (QED) is 0.561. The van der Waals surface area contributed by atoms with E-state index in [9.17, 15) is 0 Å². The Kier molecular flexibility index (Phi) is 5.14. The van der Waals surface area contributed by atoms with Gasteiger partial charge in [-0.3, -0.25) is 0 Å². The summed E-state index contributed by atoms with van der Waals surface area (Å²) in [6.07, 6.45) is 0.657. The van der Waals surface area contributed by atoms with Gasteiger partial charge in [-0.25, -0.2) is 0 Å². The Morgan fingerprint density at radius 1 is 0.750 bits per heavy atom. The molecule has 0 saturated heterocycles. The summed E-state index contributed by atoms with van der Waals surface area (Å²) in [7, 11) is 0. The molecule has 1 unspecified atom stereocenters. The van der Waals surface area contributed by atoms with Crippen LogP contribution in [-0.2, 0) is 11.1 Å². The van der Waals surface area contributed by atoms with Crippen molar-refractivity contribution in [1.82, 2.24) is 0 Å². The van der Waals surface area contributed by atoms with Crippen molar-refractivity contribution >= 4 is 17.8 Å². The highest BCUT2D eigenvalue weighted by atomic mass is 16.5. The molecule has 0 saturated carbocycles. The summed E-state index contributed by atoms with van der Waals surface area (Å²) in [4.78, 5) is 0. The first-order chi connectivity index (χ1) is 11.6. The van der Waals surface area contributed by atoms with Crippen molar-refractivity contribution in [2.75, 3.05) is 0 Å². The lowest BCUT2D eigenvalue weighted by atomic mass is 9.55. The maximum Gasteiger partial charge on any atom is 0.363 e. The van der Waals surface area contributed by atoms with Gasteiger partial charge in [0.2, 0.25) is 0 Å². The van der Waals surface area contributed by atoms with Crippen molar-refractivity contribution in [2.24, 2.45) is 5.73 Å². The molecule has 0 aliphatic heterocycles. The summed E-state index contributed by atoms with van der Waals surface area (Å²) in [6.45, 7) is 1.75. The molecule has 1 atom stereocenters. The first-order valence-electron chi connectivity index (χ1n) is 8.25. The van der Waals surface area contributed by atoms with E-state index in [1.54, 1.807) is 0 Å². The third-order valence-corrected chi connectivity index (χ3v) is 3.99. The third kappa shape index (κ3) is 4.35. The Morgan fingerprint density at radius 2 is 1.17 bits per heavy atom. The monoisotopic (exact) mass is 315 g/mol. The minimum atomic E-state index is -0.766. The smallest absolute Gasteiger partial charge is 0.363 e. The molecule has 3 heteroatoms. The molecule has 0 amide bonds. The minimum Gasteiger partial charge on any atom is -0.409 e. The molecule has 2 N–H and O–H groups in total. The number of nitrogens with two attached hydrogens (primary N) is 1. The Hall–Kier alpha value is -2.36. The van der Waals surface area contributed by atoms with Crippen LogP contribution in [0, 0.1) is 0 Å². The van der Waals surface area contributed by atoms with Gasteiger partial charge in [0.15, 0.2) is 0 Å². The average Bonchev–Trinajstić information content (AvgIpc) is 2.62. The molecule has 3 aromatic rings. The van der Waals surface area contributed by atoms with Crippen LogP contribution >= 0.6 is 0 Å². The Balaban J connectivity index is 1.86. The maximum absolute atomic E-state index is 6.50. The molecule has 3 aromatic carbocycles. The molecule has 120 valence electrons. The highest BCUT2D eigenvalue weighted by Crippen LogP contribution is 2.13. The first-order valence-corrected chi connectivity index (χ1v) is 8.25. The van der Waals surface area contributed by atoms with E-state index >= 15 is 0 Å². The van der Waals surface area contributed by atoms with Crippen LogP contribution in [0.2, 0.25) is 0 Å². The zero-order valence-electron chi connectivity index (χ0n) is 13.9. The maximum atomic E-state index is 6.50. The molecule has 24 heavy (non-hydrogen) atoms. The van der Waals surface area contributed by atoms with Gasteiger partial charge in [-0.2, -0.15) is 0 Å². The highest BCUT2D eigenvalue weighted by molar-refractivity contribution is 6.80. The van der Waals surface area contributed by atoms with Gasteiger partial charge in [-0.15, -0.1) is 0 Å². The summed E-state index contributed by atoms with van der Waals surface area (Å²) in [5, 5.41) is 0. The van der Waals surface area contributed by atoms with Gasteiger partial charge in [0.05, 0.1) is 0 Å². The Bertz CT molecular complexity index is 705. The van der Waals surface area contributed by atoms with Crippen LogP contribution in [-0.4, -0.2) is 12.6 Å². The summed E-state index contributed by atoms with van der Waals surface area (Å²) < 4.78 is 6.39. The van der Waals surface area contributed by atoms with Crippen molar-refractivity contribution in [2.45, 2.75) is 19.1 Å². The molecule has 3 rings (SSSR count). The molecule has 0 fully saturated rings. The zero-order chi connectivity index (χ0) is 16.8. The summed E-state index contributed by atoms with van der Waals surface area (Å²) >= 11 is 0. The largest absolute Gasteiger partial charge is 0.409 e. The SMILES string of the molecule is CC(N)(Cc1ccccc1)OB(c1ccccc1)c1ccccc1. The first kappa shape index (κ1) is 16.5. The molecule has 0 aromatic heterocycles. The van der Waals surface area contributed by atoms with Crippen molar-refractivity contribution in [1.29, 1.82) is 0 Å². The van der Waals surface area contributed by atoms with Crippen molar-refractivity contribution in [3.63, 3.8) is 0 Å². The van der Waals surface area contributed by atoms with Gasteiger partial charge in [0.1, 0.15) is 5.72 Å². The fourth-order valence-electron chi connectivity index (χ4n) is 2.90. The van der Waals surface area contributed by atoms with E-state index < -0.39 is 5.72 Å². The normalized spacial score (nSPS) is 13.2. The summed E-state index contributed by atoms with van der Waals surface area (Å²) in [5.74, 6) is 0. The lowest BCUT2D eigenvalue weighted by Gasteiger charge is -2.30. The Labute approximate surface area is 144 Å². The van der Waals surface area contributed by atoms with Crippen molar-refractivity contribution in [3.8, 4) is 0 Å². The van der Waals surface area contributed by atoms with Gasteiger partial charge < -0.3 is 10.4 Å². The summed E-state index contributed by atoms with van der Waals surface area (Å²) in [6, 6.07) is 30.7. The number of rotatable bonds is 6. The van der Waals surface area contributed by atoms with Crippen LogP contribution in [0.4, 0.5) is 0 Å². The van der Waals surface area contributed by atoms with Gasteiger partial charge in [-0.1, -0.05) is 91.0 Å². The second kappa shape index (κ2) is 7.48. The van der Waals surface area contributed by atoms with Crippen LogP contribution in [0.1, 0.15) is 12.5 Å². The predicted octanol–water partition coefficient (Wildman–Crippen LogP) is 2.73. The molecule has 0 bridgehead atoms. The molecule has 0 aliphatic rings. The fraction of sp³-hybridized carbons (Fsp3) is 0.143. The second-order valence-electron chi connectivity index (χ2n) is 6.29. The van der Waals surface area contributed by atoms with Crippen molar-refractivity contribution < 1.29 is 4.65 Å². The van der Waals surface area contributed by atoms with E-state index in [-0.39, 0.29) is 6.92 Å². The van der Waals surface area contributed by atoms with Crippen LogP contribution in [0.25, 0.3) is 0 Å². The topological polar surface area (TPSA) is 35.2 Å². The third-order valence-electron chi connectivity index (χ3n) is 3.99. The van der Waals surface area contributed by atoms with E-state index in [4.69, 9.17) is 10.4 Å². The number of hydrogen-bond donors (Lipinski definition) is 1. The molecule has 2 nitrogen and oxygen atoms in total. The standard InChI is InChI=1S/C21H22BNO/c1-21(23,17-18-11-5-2-6-12-18)24-22(19-13-7-3-8-14-19)20-15-9-4-10-16-20/h2-16H,17,23H2,1H3. The number of hydrogen-bond acceptors (Lipinski definition) is 2. The molecular formula is C21H22BNO. The average molecular weight is 315 g/mol. The van der Waals surface area contributed by atoms with Gasteiger partial charge in [0, 0.05) is 6.42 Å². The zero-order valence-corrected chi connectivity index (χ0v) is 13.9. The molecule has 0 spiro atoms. The molecular weight excluding hydrogens is 293 g/mol. The predicted molar refractivity (Wildman–Crippen MR) is 102 cm³/mol. The van der Waals surface area contributed by atoms with E-state index in [1.165, 1.54) is 5.56 Å². The Morgan fingerprint density at radius 3 is 1.62 bits per heavy atom. The van der Waals surface area contributed by atoms with E-state index in [1.807, 2.05) is 61.5 Å². The lowest BCUT2D eigenvalue weighted by molar-refractivity contribution is 0.100. The van der Waals surface area contributed by atoms with Crippen LogP contribution < -0.4 is 16.7 Å². The van der Waals surface area contributed by atoms with Gasteiger partial charge in [-0.05, 0) is 23.4 Å². The van der Waals surface area contributed by atoms with Crippen molar-refractivity contribution in [3.05, 3.63) is 96.6 Å². The molecule has 0 aliphatic carbocycles. The van der Waals surface area contributed by atoms with E-state index in [0.29, 0.717) is 6.42 Å². The van der Waals surface area contributed by atoms with E-state index in [2.05, 4.69) is 36.4 Å². The molecule has 0 radical (unpaired) electrons.